The maximum absolute atomic E-state index is 8.78. The average molecular weight is 831 g/mol. The third kappa shape index (κ3) is 5.64. The van der Waals surface area contributed by atoms with Crippen LogP contribution in [0.1, 0.15) is 81.3 Å². The van der Waals surface area contributed by atoms with Crippen molar-refractivity contribution in [3.63, 3.8) is 0 Å². The molecule has 0 N–H and O–H groups in total. The van der Waals surface area contributed by atoms with E-state index in [1.54, 1.807) is 0 Å². The van der Waals surface area contributed by atoms with Crippen LogP contribution in [0.3, 0.4) is 0 Å². The van der Waals surface area contributed by atoms with Crippen molar-refractivity contribution in [1.82, 2.24) is 0 Å². The molecular weight excluding hydrogens is 782 g/mol. The molecule has 4 aromatic rings. The summed E-state index contributed by atoms with van der Waals surface area (Å²) < 4.78 is 0.226. The van der Waals surface area contributed by atoms with Gasteiger partial charge in [0.2, 0.25) is 0 Å². The van der Waals surface area contributed by atoms with Crippen LogP contribution in [-0.2, 0) is 15.3 Å². The fourth-order valence-corrected chi connectivity index (χ4v) is 53.0. The van der Waals surface area contributed by atoms with Crippen LogP contribution in [-0.4, -0.2) is 5.98 Å². The first kappa shape index (κ1) is 33.9. The van der Waals surface area contributed by atoms with E-state index >= 15 is 0 Å². The summed E-state index contributed by atoms with van der Waals surface area (Å²) in [7, 11) is 17.6. The standard InChI is InChI=1S/2C20H21.C2H7Si.2ClH.Hf/c2*1-14(2)11-16-12-17-8-6-10-19(20(17)13-16)18-9-5-4-7-15(18)3;1-3-2;;;/h2*4-10,12-14H,11H2,1-3H3;3H,1-2H3;2*1H;/q;;;;;+2/p-2. The summed E-state index contributed by atoms with van der Waals surface area (Å²) in [5.41, 5.74) is 16.2. The Morgan fingerprint density at radius 3 is 1.28 bits per heavy atom. The molecule has 0 radical (unpaired) electrons. The molecule has 0 amide bonds. The third-order valence-corrected chi connectivity index (χ3v) is 83.5. The van der Waals surface area contributed by atoms with Gasteiger partial charge in [-0.3, -0.25) is 0 Å². The normalized spacial score (nSPS) is 18.4. The molecule has 0 fully saturated rings. The van der Waals surface area contributed by atoms with Crippen LogP contribution < -0.4 is 0 Å². The molecule has 239 valence electrons. The topological polar surface area (TPSA) is 0 Å². The molecule has 0 bridgehead atoms. The van der Waals surface area contributed by atoms with E-state index < -0.39 is 21.3 Å². The number of hydrogen-bond acceptors (Lipinski definition) is 0. The molecule has 6 rings (SSSR count). The minimum atomic E-state index is -5.03. The van der Waals surface area contributed by atoms with E-state index in [0.717, 1.165) is 12.8 Å². The SMILES string of the molecule is Cc1ccccc1-c1cccc2c1C=C(CC(C)C)[CH]2[Hf]([Cl])([Cl])([CH]1C(CC(C)C)=Cc2c(-c3ccccc3C)cccc21)[SiH](C)C. The van der Waals surface area contributed by atoms with Gasteiger partial charge in [0.05, 0.1) is 0 Å². The van der Waals surface area contributed by atoms with Crippen LogP contribution in [0.25, 0.3) is 34.4 Å². The Bertz CT molecular complexity index is 1730. The second-order valence-electron chi connectivity index (χ2n) is 15.1. The van der Waals surface area contributed by atoms with Gasteiger partial charge in [-0.15, -0.1) is 0 Å². The molecule has 4 heteroatoms. The minimum absolute atomic E-state index is 0.113. The number of hydrogen-bond donors (Lipinski definition) is 0. The molecule has 0 aliphatic heterocycles. The zero-order valence-corrected chi connectivity index (χ0v) is 35.1. The van der Waals surface area contributed by atoms with E-state index in [1.807, 2.05) is 0 Å². The predicted octanol–water partition coefficient (Wildman–Crippen LogP) is 13.3. The van der Waals surface area contributed by atoms with Gasteiger partial charge in [-0.1, -0.05) is 0 Å². The fraction of sp³-hybridized carbons (Fsp3) is 0.333. The molecule has 4 aromatic carbocycles. The third-order valence-electron chi connectivity index (χ3n) is 10.7. The molecule has 2 unspecified atom stereocenters. The zero-order valence-electron chi connectivity index (χ0n) is 28.8. The van der Waals surface area contributed by atoms with E-state index in [4.69, 9.17) is 17.2 Å². The summed E-state index contributed by atoms with van der Waals surface area (Å²) in [6, 6.07) is 31.4. The number of fused-ring (bicyclic) bond motifs is 2. The summed E-state index contributed by atoms with van der Waals surface area (Å²) >= 11 is -5.03. The second-order valence-corrected chi connectivity index (χ2v) is 74.4. The molecule has 0 heterocycles. The molecule has 2 aliphatic carbocycles. The summed E-state index contributed by atoms with van der Waals surface area (Å²) in [6.45, 7) is 18.8. The Hall–Kier alpha value is -1.97. The zero-order chi connectivity index (χ0) is 33.0. The van der Waals surface area contributed by atoms with Crippen LogP contribution in [0.4, 0.5) is 0 Å². The van der Waals surface area contributed by atoms with Gasteiger partial charge in [-0.2, -0.15) is 0 Å². The van der Waals surface area contributed by atoms with Gasteiger partial charge < -0.3 is 0 Å². The summed E-state index contributed by atoms with van der Waals surface area (Å²) in [5, 5.41) is 0. The van der Waals surface area contributed by atoms with Crippen molar-refractivity contribution in [2.75, 3.05) is 0 Å². The van der Waals surface area contributed by atoms with Crippen LogP contribution >= 0.6 is 17.2 Å². The Labute approximate surface area is 286 Å². The van der Waals surface area contributed by atoms with Crippen molar-refractivity contribution in [3.8, 4) is 22.3 Å². The van der Waals surface area contributed by atoms with E-state index in [0.29, 0.717) is 11.8 Å². The van der Waals surface area contributed by atoms with Gasteiger partial charge in [0.25, 0.3) is 0 Å². The van der Waals surface area contributed by atoms with Crippen molar-refractivity contribution in [3.05, 3.63) is 129 Å². The Kier molecular flexibility index (Phi) is 9.44. The van der Waals surface area contributed by atoms with Crippen LogP contribution in [0, 0.1) is 25.7 Å². The first-order valence-corrected chi connectivity index (χ1v) is 39.3. The van der Waals surface area contributed by atoms with Gasteiger partial charge in [0, 0.05) is 0 Å². The van der Waals surface area contributed by atoms with Crippen LogP contribution in [0.15, 0.2) is 96.1 Å². The molecular formula is C42H49Cl2HfSi. The fourth-order valence-electron chi connectivity index (χ4n) is 8.58. The van der Waals surface area contributed by atoms with E-state index in [9.17, 15) is 0 Å². The summed E-state index contributed by atoms with van der Waals surface area (Å²) in [4.78, 5) is 0. The number of halogens is 2. The molecule has 0 spiro atoms. The average Bonchev–Trinajstić information content (AvgIpc) is 3.56. The van der Waals surface area contributed by atoms with Crippen molar-refractivity contribution < 1.29 is 15.3 Å². The first-order valence-electron chi connectivity index (χ1n) is 17.2. The number of aryl methyl sites for hydroxylation is 2. The molecule has 2 aliphatic rings. The molecule has 0 saturated carbocycles. The van der Waals surface area contributed by atoms with Gasteiger partial charge in [-0.05, 0) is 0 Å². The van der Waals surface area contributed by atoms with Crippen LogP contribution in [0.2, 0.25) is 13.1 Å². The summed E-state index contributed by atoms with van der Waals surface area (Å²) in [5.74, 6) is -0.605. The quantitative estimate of drug-likeness (QED) is 0.147. The predicted molar refractivity (Wildman–Crippen MR) is 204 cm³/mol. The van der Waals surface area contributed by atoms with Gasteiger partial charge in [-0.25, -0.2) is 0 Å². The van der Waals surface area contributed by atoms with Gasteiger partial charge in [0.1, 0.15) is 0 Å². The Balaban J connectivity index is 1.63. The number of allylic oxidation sites excluding steroid dienone is 2. The van der Waals surface area contributed by atoms with Crippen LogP contribution in [0.5, 0.6) is 0 Å². The first-order chi connectivity index (χ1) is 21.8. The second kappa shape index (κ2) is 12.8. The van der Waals surface area contributed by atoms with Crippen molar-refractivity contribution in [2.24, 2.45) is 11.8 Å². The van der Waals surface area contributed by atoms with E-state index in [-0.39, 0.29) is 7.35 Å². The Morgan fingerprint density at radius 2 is 0.935 bits per heavy atom. The molecule has 46 heavy (non-hydrogen) atoms. The van der Waals surface area contributed by atoms with E-state index in [1.165, 1.54) is 66.8 Å². The van der Waals surface area contributed by atoms with Crippen molar-refractivity contribution in [2.45, 2.75) is 74.8 Å². The van der Waals surface area contributed by atoms with E-state index in [2.05, 4.69) is 152 Å². The molecule has 2 atom stereocenters. The van der Waals surface area contributed by atoms with Crippen molar-refractivity contribution in [1.29, 1.82) is 0 Å². The molecule has 0 saturated heterocycles. The molecule has 0 aromatic heterocycles. The van der Waals surface area contributed by atoms with Gasteiger partial charge >= 0.3 is 289 Å². The molecule has 0 nitrogen and oxygen atoms in total. The summed E-state index contributed by atoms with van der Waals surface area (Å²) in [6.07, 6.45) is 7.08. The van der Waals surface area contributed by atoms with Gasteiger partial charge in [0.15, 0.2) is 0 Å². The van der Waals surface area contributed by atoms with Crippen molar-refractivity contribution >= 4 is 35.3 Å². The number of benzene rings is 4. The Morgan fingerprint density at radius 1 is 0.565 bits per heavy atom. The maximum atomic E-state index is 8.78. The monoisotopic (exact) mass is 831 g/mol. The number of rotatable bonds is 9.